The number of carbonyl (C=O) groups excluding carboxylic acids is 2. The molecular weight excluding hydrogens is 260 g/mol. The number of ether oxygens (including phenoxy) is 1. The highest BCUT2D eigenvalue weighted by Crippen LogP contribution is 2.10. The number of hydrogen-bond acceptors (Lipinski definition) is 5. The third-order valence-electron chi connectivity index (χ3n) is 3.07. The Kier molecular flexibility index (Phi) is 4.89. The number of morpholine rings is 1. The Morgan fingerprint density at radius 1 is 1.40 bits per heavy atom. The zero-order chi connectivity index (χ0) is 14.4. The van der Waals surface area contributed by atoms with E-state index in [1.165, 1.54) is 0 Å². The maximum Gasteiger partial charge on any atom is 0.252 e. The van der Waals surface area contributed by atoms with Gasteiger partial charge >= 0.3 is 0 Å². The van der Waals surface area contributed by atoms with E-state index in [0.29, 0.717) is 50.7 Å². The average molecular weight is 278 g/mol. The van der Waals surface area contributed by atoms with E-state index in [0.717, 1.165) is 0 Å². The van der Waals surface area contributed by atoms with Gasteiger partial charge in [0.2, 0.25) is 5.91 Å². The van der Waals surface area contributed by atoms with Crippen LogP contribution in [0.2, 0.25) is 0 Å². The first-order chi connectivity index (χ1) is 9.68. The van der Waals surface area contributed by atoms with Gasteiger partial charge in [-0.2, -0.15) is 0 Å². The molecule has 0 aromatic carbocycles. The molecule has 1 aromatic rings. The summed E-state index contributed by atoms with van der Waals surface area (Å²) in [5.74, 6) is -0.0627. The van der Waals surface area contributed by atoms with Crippen LogP contribution < -0.4 is 11.1 Å². The summed E-state index contributed by atoms with van der Waals surface area (Å²) in [6.07, 6.45) is 1.91. The van der Waals surface area contributed by atoms with Crippen LogP contribution >= 0.6 is 0 Å². The smallest absolute Gasteiger partial charge is 0.252 e. The standard InChI is InChI=1S/C13H18N4O3/c14-12(19)10-2-1-4-15-13(10)16-5-3-11(18)17-6-8-20-9-7-17/h1-2,4H,3,5-9H2,(H2,14,19)(H,15,16). The van der Waals surface area contributed by atoms with Crippen LogP contribution in [0.15, 0.2) is 18.3 Å². The number of aromatic nitrogens is 1. The molecule has 0 saturated carbocycles. The number of anilines is 1. The highest BCUT2D eigenvalue weighted by Gasteiger charge is 2.16. The molecule has 1 fully saturated rings. The van der Waals surface area contributed by atoms with Crippen LogP contribution in [0.5, 0.6) is 0 Å². The Labute approximate surface area is 117 Å². The zero-order valence-corrected chi connectivity index (χ0v) is 11.2. The third kappa shape index (κ3) is 3.67. The fourth-order valence-corrected chi connectivity index (χ4v) is 2.00. The summed E-state index contributed by atoms with van der Waals surface area (Å²) in [7, 11) is 0. The lowest BCUT2D eigenvalue weighted by Crippen LogP contribution is -2.41. The second-order valence-electron chi connectivity index (χ2n) is 4.43. The SMILES string of the molecule is NC(=O)c1cccnc1NCCC(=O)N1CCOCC1. The van der Waals surface area contributed by atoms with Gasteiger partial charge in [0, 0.05) is 32.3 Å². The zero-order valence-electron chi connectivity index (χ0n) is 11.2. The van der Waals surface area contributed by atoms with Crippen LogP contribution in [0.4, 0.5) is 5.82 Å². The number of carbonyl (C=O) groups is 2. The van der Waals surface area contributed by atoms with Gasteiger partial charge in [0.15, 0.2) is 0 Å². The Balaban J connectivity index is 1.83. The minimum absolute atomic E-state index is 0.0670. The number of nitrogens with one attached hydrogen (secondary N) is 1. The van der Waals surface area contributed by atoms with Crippen molar-refractivity contribution in [1.29, 1.82) is 0 Å². The molecule has 2 heterocycles. The van der Waals surface area contributed by atoms with E-state index in [4.69, 9.17) is 10.5 Å². The van der Waals surface area contributed by atoms with Crippen LogP contribution in [-0.4, -0.2) is 54.5 Å². The molecule has 0 radical (unpaired) electrons. The largest absolute Gasteiger partial charge is 0.378 e. The lowest BCUT2D eigenvalue weighted by atomic mass is 10.2. The Bertz CT molecular complexity index is 486. The molecular formula is C13H18N4O3. The quantitative estimate of drug-likeness (QED) is 0.780. The molecule has 7 nitrogen and oxygen atoms in total. The molecule has 0 aliphatic carbocycles. The van der Waals surface area contributed by atoms with Crippen molar-refractivity contribution in [2.75, 3.05) is 38.2 Å². The van der Waals surface area contributed by atoms with Crippen LogP contribution in [0, 0.1) is 0 Å². The van der Waals surface area contributed by atoms with E-state index < -0.39 is 5.91 Å². The van der Waals surface area contributed by atoms with Gasteiger partial charge in [-0.1, -0.05) is 0 Å². The summed E-state index contributed by atoms with van der Waals surface area (Å²) in [4.78, 5) is 29.0. The van der Waals surface area contributed by atoms with Crippen LogP contribution in [-0.2, 0) is 9.53 Å². The van der Waals surface area contributed by atoms with Crippen LogP contribution in [0.1, 0.15) is 16.8 Å². The Morgan fingerprint density at radius 2 is 2.15 bits per heavy atom. The highest BCUT2D eigenvalue weighted by atomic mass is 16.5. The molecule has 1 aromatic heterocycles. The first-order valence-corrected chi connectivity index (χ1v) is 6.52. The number of nitrogens with two attached hydrogens (primary N) is 1. The van der Waals surface area contributed by atoms with Crippen molar-refractivity contribution in [3.63, 3.8) is 0 Å². The molecule has 2 rings (SSSR count). The van der Waals surface area contributed by atoms with Gasteiger partial charge in [0.1, 0.15) is 5.82 Å². The molecule has 3 N–H and O–H groups in total. The van der Waals surface area contributed by atoms with Gasteiger partial charge in [0.25, 0.3) is 5.91 Å². The second-order valence-corrected chi connectivity index (χ2v) is 4.43. The monoisotopic (exact) mass is 278 g/mol. The van der Waals surface area contributed by atoms with E-state index in [9.17, 15) is 9.59 Å². The number of hydrogen-bond donors (Lipinski definition) is 2. The summed E-state index contributed by atoms with van der Waals surface area (Å²) in [6.45, 7) is 2.86. The minimum Gasteiger partial charge on any atom is -0.378 e. The molecule has 0 spiro atoms. The molecule has 0 atom stereocenters. The fourth-order valence-electron chi connectivity index (χ4n) is 2.00. The second kappa shape index (κ2) is 6.85. The average Bonchev–Trinajstić information content (AvgIpc) is 2.48. The van der Waals surface area contributed by atoms with Crippen LogP contribution in [0.3, 0.4) is 0 Å². The molecule has 0 bridgehead atoms. The predicted molar refractivity (Wildman–Crippen MR) is 73.3 cm³/mol. The first-order valence-electron chi connectivity index (χ1n) is 6.52. The summed E-state index contributed by atoms with van der Waals surface area (Å²) in [5, 5.41) is 2.97. The normalized spacial score (nSPS) is 14.9. The summed E-state index contributed by atoms with van der Waals surface area (Å²) < 4.78 is 5.19. The Hall–Kier alpha value is -2.15. The fraction of sp³-hybridized carbons (Fsp3) is 0.462. The van der Waals surface area contributed by atoms with E-state index in [2.05, 4.69) is 10.3 Å². The molecule has 1 aliphatic rings. The van der Waals surface area contributed by atoms with Gasteiger partial charge in [-0.05, 0) is 12.1 Å². The number of rotatable bonds is 5. The van der Waals surface area contributed by atoms with Crippen LogP contribution in [0.25, 0.3) is 0 Å². The number of primary amides is 1. The first kappa shape index (κ1) is 14.3. The molecule has 1 aliphatic heterocycles. The van der Waals surface area contributed by atoms with Gasteiger partial charge in [-0.25, -0.2) is 4.98 Å². The molecule has 1 saturated heterocycles. The van der Waals surface area contributed by atoms with Crippen molar-refractivity contribution in [1.82, 2.24) is 9.88 Å². The van der Waals surface area contributed by atoms with Crippen molar-refractivity contribution in [3.8, 4) is 0 Å². The maximum absolute atomic E-state index is 11.9. The molecule has 7 heteroatoms. The van der Waals surface area contributed by atoms with Crippen molar-refractivity contribution in [2.45, 2.75) is 6.42 Å². The summed E-state index contributed by atoms with van der Waals surface area (Å²) in [5.41, 5.74) is 5.58. The Morgan fingerprint density at radius 3 is 2.85 bits per heavy atom. The molecule has 108 valence electrons. The lowest BCUT2D eigenvalue weighted by molar-refractivity contribution is -0.134. The molecule has 20 heavy (non-hydrogen) atoms. The van der Waals surface area contributed by atoms with E-state index in [1.54, 1.807) is 23.2 Å². The van der Waals surface area contributed by atoms with Gasteiger partial charge < -0.3 is 20.7 Å². The van der Waals surface area contributed by atoms with Crippen molar-refractivity contribution >= 4 is 17.6 Å². The third-order valence-corrected chi connectivity index (χ3v) is 3.07. The van der Waals surface area contributed by atoms with E-state index >= 15 is 0 Å². The van der Waals surface area contributed by atoms with E-state index in [-0.39, 0.29) is 5.91 Å². The number of amides is 2. The van der Waals surface area contributed by atoms with Gasteiger partial charge in [-0.3, -0.25) is 9.59 Å². The van der Waals surface area contributed by atoms with Crippen molar-refractivity contribution in [3.05, 3.63) is 23.9 Å². The topological polar surface area (TPSA) is 97.6 Å². The van der Waals surface area contributed by atoms with E-state index in [1.807, 2.05) is 0 Å². The minimum atomic E-state index is -0.542. The highest BCUT2D eigenvalue weighted by molar-refractivity contribution is 5.97. The summed E-state index contributed by atoms with van der Waals surface area (Å²) >= 11 is 0. The number of pyridine rings is 1. The molecule has 2 amide bonds. The number of nitrogens with zero attached hydrogens (tertiary/aromatic N) is 2. The molecule has 0 unspecified atom stereocenters. The maximum atomic E-state index is 11.9. The van der Waals surface area contributed by atoms with Gasteiger partial charge in [-0.15, -0.1) is 0 Å². The summed E-state index contributed by atoms with van der Waals surface area (Å²) in [6, 6.07) is 3.24. The van der Waals surface area contributed by atoms with Crippen molar-refractivity contribution < 1.29 is 14.3 Å². The lowest BCUT2D eigenvalue weighted by Gasteiger charge is -2.26. The van der Waals surface area contributed by atoms with Gasteiger partial charge in [0.05, 0.1) is 18.8 Å². The van der Waals surface area contributed by atoms with Crippen molar-refractivity contribution in [2.24, 2.45) is 5.73 Å². The predicted octanol–water partition coefficient (Wildman–Crippen LogP) is -0.159.